The zero-order valence-corrected chi connectivity index (χ0v) is 24.8. The molecule has 0 spiro atoms. The number of amides is 2. The van der Waals surface area contributed by atoms with E-state index in [4.69, 9.17) is 5.73 Å². The number of anilines is 1. The van der Waals surface area contributed by atoms with Crippen LogP contribution in [0.4, 0.5) is 23.2 Å². The fourth-order valence-electron chi connectivity index (χ4n) is 5.72. The minimum Gasteiger partial charge on any atom is -0.386 e. The summed E-state index contributed by atoms with van der Waals surface area (Å²) < 4.78 is 53.9. The molecule has 2 unspecified atom stereocenters. The van der Waals surface area contributed by atoms with Crippen molar-refractivity contribution in [3.63, 3.8) is 0 Å². The summed E-state index contributed by atoms with van der Waals surface area (Å²) in [5.41, 5.74) is 7.02. The van der Waals surface area contributed by atoms with Crippen molar-refractivity contribution in [3.8, 4) is 0 Å². The van der Waals surface area contributed by atoms with E-state index in [0.717, 1.165) is 17.7 Å². The minimum atomic E-state index is -4.55. The molecular weight excluding hydrogens is 596 g/mol. The maximum atomic E-state index is 14.3. The largest absolute Gasteiger partial charge is 0.416 e. The molecule has 3 N–H and O–H groups in total. The number of hydrogen-bond acceptors (Lipinski definition) is 3. The van der Waals surface area contributed by atoms with Gasteiger partial charge in [-0.1, -0.05) is 84.9 Å². The number of fused-ring (bicyclic) bond motifs is 1. The highest BCUT2D eigenvalue weighted by Crippen LogP contribution is 2.36. The Balaban J connectivity index is 1.63. The van der Waals surface area contributed by atoms with Gasteiger partial charge in [0.25, 0.3) is 5.91 Å². The molecule has 0 aliphatic heterocycles. The molecule has 5 nitrogen and oxygen atoms in total. The van der Waals surface area contributed by atoms with Crippen molar-refractivity contribution >= 4 is 28.3 Å². The summed E-state index contributed by atoms with van der Waals surface area (Å²) in [6, 6.07) is 28.4. The number of aliphatic hydroxyl groups excluding tert-OH is 1. The number of benzene rings is 5. The van der Waals surface area contributed by atoms with Crippen LogP contribution in [0.2, 0.25) is 0 Å². The summed E-state index contributed by atoms with van der Waals surface area (Å²) >= 11 is 0. The number of alkyl halides is 3. The van der Waals surface area contributed by atoms with Crippen molar-refractivity contribution in [2.24, 2.45) is 5.73 Å². The van der Waals surface area contributed by atoms with Crippen molar-refractivity contribution in [2.45, 2.75) is 44.0 Å². The van der Waals surface area contributed by atoms with E-state index in [-0.39, 0.29) is 29.7 Å². The Bertz CT molecular complexity index is 1810. The molecule has 236 valence electrons. The highest BCUT2D eigenvalue weighted by Gasteiger charge is 2.35. The van der Waals surface area contributed by atoms with Gasteiger partial charge in [0, 0.05) is 6.42 Å². The molecule has 46 heavy (non-hydrogen) atoms. The number of primary amides is 1. The van der Waals surface area contributed by atoms with Crippen LogP contribution < -0.4 is 10.6 Å². The average molecular weight is 629 g/mol. The second-order valence-corrected chi connectivity index (χ2v) is 11.1. The lowest BCUT2D eigenvalue weighted by atomic mass is 9.91. The smallest absolute Gasteiger partial charge is 0.386 e. The van der Waals surface area contributed by atoms with E-state index in [1.165, 1.54) is 41.3 Å². The predicted molar refractivity (Wildman–Crippen MR) is 170 cm³/mol. The van der Waals surface area contributed by atoms with Gasteiger partial charge < -0.3 is 15.7 Å². The second-order valence-electron chi connectivity index (χ2n) is 11.1. The Hall–Kier alpha value is -5.02. The third-order valence-electron chi connectivity index (χ3n) is 8.01. The summed E-state index contributed by atoms with van der Waals surface area (Å²) in [5, 5.41) is 13.0. The maximum Gasteiger partial charge on any atom is 0.416 e. The zero-order chi connectivity index (χ0) is 32.8. The molecule has 0 radical (unpaired) electrons. The standard InChI is InChI=1S/C37H32F4N2O3/c38-29-20-15-27(16-21-29)35(45)32(23-25-13-18-28(19-14-25)37(39,40)41)43(33(44)12-6-9-24-7-2-1-3-8-24)31-22-17-26-10-4-5-11-30(26)34(31)36(42)46/h1-5,7-8,10-11,13-22,32,35,45H,6,9,12,23H2,(H2,42,46). The van der Waals surface area contributed by atoms with Crippen LogP contribution in [0.1, 0.15) is 51.6 Å². The summed E-state index contributed by atoms with van der Waals surface area (Å²) in [4.78, 5) is 28.7. The van der Waals surface area contributed by atoms with Gasteiger partial charge in [0.2, 0.25) is 5.91 Å². The van der Waals surface area contributed by atoms with Gasteiger partial charge in [-0.25, -0.2) is 4.39 Å². The third-order valence-corrected chi connectivity index (χ3v) is 8.01. The molecule has 5 rings (SSSR count). The second kappa shape index (κ2) is 14.0. The van der Waals surface area contributed by atoms with E-state index in [2.05, 4.69) is 0 Å². The van der Waals surface area contributed by atoms with Crippen molar-refractivity contribution in [1.82, 2.24) is 0 Å². The van der Waals surface area contributed by atoms with Gasteiger partial charge in [0.1, 0.15) is 11.9 Å². The molecule has 0 aromatic heterocycles. The highest BCUT2D eigenvalue weighted by molar-refractivity contribution is 6.13. The van der Waals surface area contributed by atoms with Crippen molar-refractivity contribution in [3.05, 3.63) is 149 Å². The average Bonchev–Trinajstić information content (AvgIpc) is 3.04. The summed E-state index contributed by atoms with van der Waals surface area (Å²) in [7, 11) is 0. The van der Waals surface area contributed by atoms with Crippen LogP contribution in [0, 0.1) is 5.82 Å². The number of nitrogens with two attached hydrogens (primary N) is 1. The lowest BCUT2D eigenvalue weighted by Crippen LogP contribution is -2.46. The van der Waals surface area contributed by atoms with Gasteiger partial charge in [0.05, 0.1) is 22.9 Å². The third kappa shape index (κ3) is 7.43. The first kappa shape index (κ1) is 32.4. The molecular formula is C37H32F4N2O3. The zero-order valence-electron chi connectivity index (χ0n) is 24.8. The topological polar surface area (TPSA) is 83.6 Å². The van der Waals surface area contributed by atoms with Crippen molar-refractivity contribution in [1.29, 1.82) is 0 Å². The van der Waals surface area contributed by atoms with Gasteiger partial charge in [-0.2, -0.15) is 13.2 Å². The molecule has 0 aliphatic rings. The first-order valence-corrected chi connectivity index (χ1v) is 14.8. The number of nitrogens with zero attached hydrogens (tertiary/aromatic N) is 1. The van der Waals surface area contributed by atoms with Gasteiger partial charge in [0.15, 0.2) is 0 Å². The van der Waals surface area contributed by atoms with Gasteiger partial charge in [-0.15, -0.1) is 0 Å². The van der Waals surface area contributed by atoms with Crippen LogP contribution in [-0.4, -0.2) is 23.0 Å². The molecule has 0 saturated carbocycles. The minimum absolute atomic E-state index is 0.0274. The first-order valence-electron chi connectivity index (χ1n) is 14.8. The van der Waals surface area contributed by atoms with Crippen LogP contribution in [0.5, 0.6) is 0 Å². The Morgan fingerprint density at radius 1 is 0.783 bits per heavy atom. The molecule has 2 amide bonds. The van der Waals surface area contributed by atoms with Crippen molar-refractivity contribution in [2.75, 3.05) is 4.90 Å². The van der Waals surface area contributed by atoms with Gasteiger partial charge in [-0.05, 0) is 77.1 Å². The van der Waals surface area contributed by atoms with Crippen molar-refractivity contribution < 1.29 is 32.3 Å². The molecule has 9 heteroatoms. The van der Waals surface area contributed by atoms with E-state index < -0.39 is 41.5 Å². The van der Waals surface area contributed by atoms with E-state index in [9.17, 15) is 32.3 Å². The number of hydrogen-bond donors (Lipinski definition) is 2. The number of aliphatic hydroxyl groups is 1. The molecule has 0 heterocycles. The number of rotatable bonds is 11. The molecule has 2 atom stereocenters. The van der Waals surface area contributed by atoms with E-state index in [1.807, 2.05) is 30.3 Å². The van der Waals surface area contributed by atoms with Crippen LogP contribution in [0.15, 0.2) is 115 Å². The molecule has 0 fully saturated rings. The SMILES string of the molecule is NC(=O)c1c(N(C(=O)CCCc2ccccc2)C(Cc2ccc(C(F)(F)F)cc2)C(O)c2ccc(F)cc2)ccc2ccccc12. The number of halogens is 4. The van der Waals surface area contributed by atoms with E-state index in [1.54, 1.807) is 36.4 Å². The normalized spacial score (nSPS) is 12.9. The number of carbonyl (C=O) groups excluding carboxylic acids is 2. The highest BCUT2D eigenvalue weighted by atomic mass is 19.4. The fraction of sp³-hybridized carbons (Fsp3) is 0.189. The van der Waals surface area contributed by atoms with Gasteiger partial charge in [-0.3, -0.25) is 9.59 Å². The van der Waals surface area contributed by atoms with Crippen LogP contribution in [0.25, 0.3) is 10.8 Å². The molecule has 5 aromatic carbocycles. The Morgan fingerprint density at radius 3 is 2.09 bits per heavy atom. The molecule has 0 saturated heterocycles. The molecule has 0 bridgehead atoms. The van der Waals surface area contributed by atoms with E-state index in [0.29, 0.717) is 29.2 Å². The van der Waals surface area contributed by atoms with Crippen LogP contribution in [-0.2, 0) is 23.8 Å². The van der Waals surface area contributed by atoms with Gasteiger partial charge >= 0.3 is 6.18 Å². The molecule has 5 aromatic rings. The summed E-state index contributed by atoms with van der Waals surface area (Å²) in [6.45, 7) is 0. The predicted octanol–water partition coefficient (Wildman–Crippen LogP) is 7.80. The maximum absolute atomic E-state index is 14.3. The summed E-state index contributed by atoms with van der Waals surface area (Å²) in [6.07, 6.45) is -5.00. The van der Waals surface area contributed by atoms with Crippen LogP contribution >= 0.6 is 0 Å². The summed E-state index contributed by atoms with van der Waals surface area (Å²) in [5.74, 6) is -1.75. The lowest BCUT2D eigenvalue weighted by Gasteiger charge is -2.37. The number of carbonyl (C=O) groups is 2. The monoisotopic (exact) mass is 628 g/mol. The fourth-order valence-corrected chi connectivity index (χ4v) is 5.72. The lowest BCUT2D eigenvalue weighted by molar-refractivity contribution is -0.137. The van der Waals surface area contributed by atoms with E-state index >= 15 is 0 Å². The Kier molecular flexibility index (Phi) is 9.82. The quantitative estimate of drug-likeness (QED) is 0.147. The first-order chi connectivity index (χ1) is 22.0. The van der Waals surface area contributed by atoms with Crippen LogP contribution in [0.3, 0.4) is 0 Å². The molecule has 0 aliphatic carbocycles. The Morgan fingerprint density at radius 2 is 1.43 bits per heavy atom. The Labute approximate surface area is 263 Å². The number of aryl methyl sites for hydroxylation is 1.